The average molecular weight is 485 g/mol. The van der Waals surface area contributed by atoms with Crippen LogP contribution in [0.5, 0.6) is 5.88 Å². The second-order valence-corrected chi connectivity index (χ2v) is 8.32. The number of carbonyl (C=O) groups is 1. The van der Waals surface area contributed by atoms with Gasteiger partial charge in [-0.1, -0.05) is 0 Å². The van der Waals surface area contributed by atoms with Crippen LogP contribution in [-0.4, -0.2) is 41.0 Å². The van der Waals surface area contributed by atoms with Gasteiger partial charge in [0.15, 0.2) is 5.65 Å². The van der Waals surface area contributed by atoms with Crippen LogP contribution in [0, 0.1) is 11.6 Å². The Morgan fingerprint density at radius 2 is 1.91 bits per heavy atom. The number of carbonyl (C=O) groups excluding carboxylic acids is 1. The number of amides is 1. The third kappa shape index (κ3) is 4.62. The number of hydrogen-bond acceptors (Lipinski definition) is 7. The van der Waals surface area contributed by atoms with E-state index in [4.69, 9.17) is 4.74 Å². The molecule has 0 atom stereocenters. The van der Waals surface area contributed by atoms with E-state index in [-0.39, 0.29) is 35.2 Å². The molecule has 3 heterocycles. The van der Waals surface area contributed by atoms with Gasteiger partial charge in [0.2, 0.25) is 5.88 Å². The van der Waals surface area contributed by atoms with Crippen molar-refractivity contribution in [3.05, 3.63) is 62.9 Å². The molecule has 0 bridgehead atoms. The maximum Gasteiger partial charge on any atom is 1.00 e. The summed E-state index contributed by atoms with van der Waals surface area (Å²) in [6, 6.07) is 4.24. The van der Waals surface area contributed by atoms with Crippen molar-refractivity contribution in [2.75, 3.05) is 7.11 Å². The van der Waals surface area contributed by atoms with E-state index in [0.29, 0.717) is 34.4 Å². The Kier molecular flexibility index (Phi) is 6.88. The molecule has 0 aliphatic heterocycles. The van der Waals surface area contributed by atoms with Gasteiger partial charge in [-0.15, -0.1) is 0 Å². The number of rotatable bonds is 5. The molecule has 0 aliphatic rings. The van der Waals surface area contributed by atoms with Crippen molar-refractivity contribution in [3.63, 3.8) is 0 Å². The number of imidazole rings is 1. The maximum atomic E-state index is 14.7. The summed E-state index contributed by atoms with van der Waals surface area (Å²) in [6.07, 6.45) is 1.35. The van der Waals surface area contributed by atoms with Crippen molar-refractivity contribution < 1.29 is 56.3 Å². The number of pyridine rings is 2. The Labute approximate surface area is 207 Å². The maximum absolute atomic E-state index is 14.7. The molecular formula is C19H14F2N5NaO5S. The minimum Gasteiger partial charge on any atom is -0.542 e. The number of methoxy groups -OCH3 is 1. The average Bonchev–Trinajstić information content (AvgIpc) is 3.04. The zero-order chi connectivity index (χ0) is 23.2. The molecule has 0 unspecified atom stereocenters. The summed E-state index contributed by atoms with van der Waals surface area (Å²) >= 11 is 0. The van der Waals surface area contributed by atoms with Gasteiger partial charge < -0.3 is 19.2 Å². The zero-order valence-electron chi connectivity index (χ0n) is 17.6. The van der Waals surface area contributed by atoms with Gasteiger partial charge in [-0.3, -0.25) is 4.57 Å². The second kappa shape index (κ2) is 9.17. The number of H-pyrrole nitrogens is 1. The Balaban J connectivity index is 0.00000306. The summed E-state index contributed by atoms with van der Waals surface area (Å²) in [4.78, 5) is 33.6. The quantitative estimate of drug-likeness (QED) is 0.366. The molecule has 0 spiro atoms. The van der Waals surface area contributed by atoms with Gasteiger partial charge in [0.05, 0.1) is 41.7 Å². The van der Waals surface area contributed by atoms with Gasteiger partial charge in [0, 0.05) is 17.0 Å². The fraction of sp³-hybridized carbons (Fsp3) is 0.158. The van der Waals surface area contributed by atoms with Crippen LogP contribution >= 0.6 is 0 Å². The number of fused-ring (bicyclic) bond motifs is 3. The molecule has 1 amide bonds. The number of hydrogen-bond donors (Lipinski definition) is 1. The Morgan fingerprint density at radius 3 is 2.52 bits per heavy atom. The number of halogens is 2. The number of sulfonamides is 1. The second-order valence-electron chi connectivity index (χ2n) is 6.71. The predicted octanol–water partition coefficient (Wildman–Crippen LogP) is -0.779. The number of benzene rings is 1. The van der Waals surface area contributed by atoms with Gasteiger partial charge in [0.1, 0.15) is 21.7 Å². The van der Waals surface area contributed by atoms with Gasteiger partial charge in [-0.2, -0.15) is 4.98 Å². The summed E-state index contributed by atoms with van der Waals surface area (Å²) in [5.41, 5.74) is -0.349. The number of nitrogens with zero attached hydrogens (tertiary/aromatic N) is 4. The molecule has 4 aromatic rings. The molecule has 166 valence electrons. The van der Waals surface area contributed by atoms with E-state index in [2.05, 4.69) is 19.7 Å². The number of nitrogens with one attached hydrogen (secondary N) is 1. The van der Waals surface area contributed by atoms with Gasteiger partial charge in [0.25, 0.3) is 0 Å². The minimum atomic E-state index is -4.57. The minimum absolute atomic E-state index is 0. The Hall–Kier alpha value is -2.87. The zero-order valence-corrected chi connectivity index (χ0v) is 20.4. The number of ether oxygens (including phenoxy) is 1. The predicted molar refractivity (Wildman–Crippen MR) is 109 cm³/mol. The molecular weight excluding hydrogens is 471 g/mol. The first-order valence-electron chi connectivity index (χ1n) is 8.99. The summed E-state index contributed by atoms with van der Waals surface area (Å²) < 4.78 is 62.5. The SMILES string of the molecule is COc1ccc2c(ncc3[nH]c(=O)n(Cc4c(F)cc(S(=O)(=O)[N-]C(C)=O)cc4F)c32)n1.[Na+]. The summed E-state index contributed by atoms with van der Waals surface area (Å²) in [5, 5.41) is 0.432. The topological polar surface area (TPSA) is 138 Å². The fourth-order valence-corrected chi connectivity index (χ4v) is 4.19. The van der Waals surface area contributed by atoms with Crippen molar-refractivity contribution in [2.45, 2.75) is 18.4 Å². The summed E-state index contributed by atoms with van der Waals surface area (Å²) in [5.74, 6) is -3.19. The third-order valence-corrected chi connectivity index (χ3v) is 5.95. The van der Waals surface area contributed by atoms with E-state index in [9.17, 15) is 26.8 Å². The normalized spacial score (nSPS) is 11.4. The van der Waals surface area contributed by atoms with Crippen LogP contribution in [0.4, 0.5) is 8.78 Å². The molecule has 0 saturated heterocycles. The first kappa shape index (κ1) is 24.8. The van der Waals surface area contributed by atoms with E-state index >= 15 is 0 Å². The van der Waals surface area contributed by atoms with Crippen molar-refractivity contribution in [3.8, 4) is 5.88 Å². The van der Waals surface area contributed by atoms with Crippen LogP contribution in [0.15, 0.2) is 40.2 Å². The first-order chi connectivity index (χ1) is 15.1. The molecule has 14 heteroatoms. The molecule has 33 heavy (non-hydrogen) atoms. The van der Waals surface area contributed by atoms with Crippen LogP contribution in [0.3, 0.4) is 0 Å². The Bertz CT molecular complexity index is 1550. The molecule has 0 saturated carbocycles. The van der Waals surface area contributed by atoms with Crippen LogP contribution in [-0.2, 0) is 21.4 Å². The summed E-state index contributed by atoms with van der Waals surface area (Å²) in [6.45, 7) is 0.345. The van der Waals surface area contributed by atoms with Crippen molar-refractivity contribution in [2.24, 2.45) is 0 Å². The van der Waals surface area contributed by atoms with Crippen LogP contribution < -0.4 is 40.0 Å². The van der Waals surface area contributed by atoms with Crippen molar-refractivity contribution in [1.82, 2.24) is 19.5 Å². The molecule has 1 N–H and O–H groups in total. The van der Waals surface area contributed by atoms with Crippen molar-refractivity contribution >= 4 is 38.0 Å². The number of aromatic amines is 1. The molecule has 1 aromatic carbocycles. The van der Waals surface area contributed by atoms with Crippen LogP contribution in [0.2, 0.25) is 0 Å². The summed E-state index contributed by atoms with van der Waals surface area (Å²) in [7, 11) is -3.14. The van der Waals surface area contributed by atoms with E-state index < -0.39 is 50.3 Å². The first-order valence-corrected chi connectivity index (χ1v) is 10.4. The molecule has 4 rings (SSSR count). The molecule has 0 radical (unpaired) electrons. The molecule has 10 nitrogen and oxygen atoms in total. The number of aromatic nitrogens is 4. The monoisotopic (exact) mass is 485 g/mol. The standard InChI is InChI=1S/C19H15F2N5O5S.Na/c1-9(27)25-32(29,30)10-5-13(20)12(14(21)6-10)8-26-17-11-3-4-16(31-2)24-18(11)22-7-15(17)23-19(26)28;/h3-7H,8H2,1-2H3,(H2,23,25,27,28);/q;+1/p-1. The third-order valence-electron chi connectivity index (χ3n) is 4.62. The van der Waals surface area contributed by atoms with Gasteiger partial charge >= 0.3 is 35.2 Å². The van der Waals surface area contributed by atoms with E-state index in [1.54, 1.807) is 12.1 Å². The van der Waals surface area contributed by atoms with Gasteiger partial charge in [-0.25, -0.2) is 27.0 Å². The molecule has 3 aromatic heterocycles. The molecule has 0 aliphatic carbocycles. The smallest absolute Gasteiger partial charge is 0.542 e. The van der Waals surface area contributed by atoms with E-state index in [1.807, 2.05) is 0 Å². The van der Waals surface area contributed by atoms with Crippen LogP contribution in [0.25, 0.3) is 26.8 Å². The van der Waals surface area contributed by atoms with E-state index in [1.165, 1.54) is 13.3 Å². The fourth-order valence-electron chi connectivity index (χ4n) is 3.24. The largest absolute Gasteiger partial charge is 1.00 e. The van der Waals surface area contributed by atoms with Crippen LogP contribution in [0.1, 0.15) is 12.5 Å². The van der Waals surface area contributed by atoms with Crippen molar-refractivity contribution in [1.29, 1.82) is 0 Å². The Morgan fingerprint density at radius 1 is 1.24 bits per heavy atom. The van der Waals surface area contributed by atoms with E-state index in [0.717, 1.165) is 11.5 Å². The van der Waals surface area contributed by atoms with Gasteiger partial charge in [-0.05, 0) is 25.1 Å². The molecule has 0 fully saturated rings.